The predicted octanol–water partition coefficient (Wildman–Crippen LogP) is 0.654. The zero-order valence-corrected chi connectivity index (χ0v) is 7.92. The third-order valence-corrected chi connectivity index (χ3v) is 1.72. The average Bonchev–Trinajstić information content (AvgIpc) is 1.97. The van der Waals surface area contributed by atoms with E-state index in [0.29, 0.717) is 6.42 Å². The van der Waals surface area contributed by atoms with E-state index in [1.54, 1.807) is 11.5 Å². The molecule has 0 aromatic heterocycles. The van der Waals surface area contributed by atoms with Gasteiger partial charge in [0.15, 0.2) is 0 Å². The van der Waals surface area contributed by atoms with E-state index in [1.165, 1.54) is 0 Å². The Kier molecular flexibility index (Phi) is 6.06. The Hall–Kier alpha value is -0.320. The third-order valence-electron chi connectivity index (χ3n) is 1.55. The van der Waals surface area contributed by atoms with Crippen LogP contribution in [0.5, 0.6) is 0 Å². The van der Waals surface area contributed by atoms with Crippen LogP contribution in [0.2, 0.25) is 0 Å². The number of unbranched alkanes of at least 4 members (excludes halogenated alkanes) is 1. The summed E-state index contributed by atoms with van der Waals surface area (Å²) in [6, 6.07) is -0.731. The molecule has 0 rings (SSSR count). The van der Waals surface area contributed by atoms with Crippen molar-refractivity contribution in [1.82, 2.24) is 4.42 Å². The molecule has 1 atom stereocenters. The molecule has 0 aliphatic carbocycles. The summed E-state index contributed by atoms with van der Waals surface area (Å²) in [6.07, 6.45) is 2.19. The van der Waals surface area contributed by atoms with Crippen LogP contribution in [0.3, 0.4) is 0 Å². The smallest absolute Gasteiger partial charge is 0.320 e. The van der Waals surface area contributed by atoms with Gasteiger partial charge in [-0.3, -0.25) is 4.79 Å². The van der Waals surface area contributed by atoms with Crippen LogP contribution in [0, 0.1) is 0 Å². The van der Waals surface area contributed by atoms with Crippen LogP contribution in [0.25, 0.3) is 0 Å². The van der Waals surface area contributed by atoms with Gasteiger partial charge in [-0.25, -0.2) is 4.42 Å². The number of hydrogen-bond donors (Lipinski definition) is 2. The van der Waals surface area contributed by atoms with Crippen molar-refractivity contribution in [2.45, 2.75) is 25.3 Å². The summed E-state index contributed by atoms with van der Waals surface area (Å²) >= 11 is 5.54. The molecule has 5 heteroatoms. The summed E-state index contributed by atoms with van der Waals surface area (Å²) in [5.74, 6) is -0.936. The maximum atomic E-state index is 10.3. The number of rotatable bonds is 6. The molecule has 0 aromatic rings. The number of nitrogens with two attached hydrogens (primary N) is 1. The van der Waals surface area contributed by atoms with E-state index in [2.05, 4.69) is 0 Å². The number of nitrogens with zero attached hydrogens (tertiary/aromatic N) is 1. The van der Waals surface area contributed by atoms with E-state index in [1.807, 2.05) is 0 Å². The van der Waals surface area contributed by atoms with Gasteiger partial charge in [-0.15, -0.1) is 0 Å². The highest BCUT2D eigenvalue weighted by Crippen LogP contribution is 2.01. The van der Waals surface area contributed by atoms with E-state index in [4.69, 9.17) is 22.6 Å². The first-order chi connectivity index (χ1) is 5.54. The molecule has 0 aliphatic heterocycles. The summed E-state index contributed by atoms with van der Waals surface area (Å²) in [6.45, 7) is 0.758. The number of carboxylic acid groups (broad SMARTS) is 1. The van der Waals surface area contributed by atoms with Crippen molar-refractivity contribution < 1.29 is 9.90 Å². The first kappa shape index (κ1) is 11.7. The first-order valence-electron chi connectivity index (χ1n) is 3.89. The van der Waals surface area contributed by atoms with Gasteiger partial charge in [-0.2, -0.15) is 0 Å². The Morgan fingerprint density at radius 2 is 2.25 bits per heavy atom. The Balaban J connectivity index is 3.25. The molecule has 0 heterocycles. The summed E-state index contributed by atoms with van der Waals surface area (Å²) in [5, 5.41) is 8.43. The lowest BCUT2D eigenvalue weighted by Crippen LogP contribution is -2.29. The molecule has 0 amide bonds. The fourth-order valence-corrected chi connectivity index (χ4v) is 0.937. The summed E-state index contributed by atoms with van der Waals surface area (Å²) in [4.78, 5) is 10.3. The molecule has 72 valence electrons. The van der Waals surface area contributed by atoms with Gasteiger partial charge in [0.2, 0.25) is 0 Å². The normalized spacial score (nSPS) is 13.3. The molecule has 0 aromatic carbocycles. The van der Waals surface area contributed by atoms with Crippen LogP contribution in [0.15, 0.2) is 0 Å². The Morgan fingerprint density at radius 1 is 1.67 bits per heavy atom. The van der Waals surface area contributed by atoms with E-state index < -0.39 is 12.0 Å². The van der Waals surface area contributed by atoms with Crippen molar-refractivity contribution in [3.63, 3.8) is 0 Å². The zero-order chi connectivity index (χ0) is 9.56. The minimum atomic E-state index is -0.936. The van der Waals surface area contributed by atoms with Gasteiger partial charge in [0, 0.05) is 13.6 Å². The zero-order valence-electron chi connectivity index (χ0n) is 7.16. The molecule has 0 saturated carbocycles. The van der Waals surface area contributed by atoms with Crippen LogP contribution in [0.4, 0.5) is 0 Å². The Labute approximate surface area is 77.4 Å². The largest absolute Gasteiger partial charge is 0.480 e. The van der Waals surface area contributed by atoms with Crippen LogP contribution in [0.1, 0.15) is 19.3 Å². The van der Waals surface area contributed by atoms with Gasteiger partial charge < -0.3 is 10.8 Å². The van der Waals surface area contributed by atoms with Crippen molar-refractivity contribution in [2.75, 3.05) is 13.6 Å². The second kappa shape index (κ2) is 6.22. The molecule has 12 heavy (non-hydrogen) atoms. The summed E-state index contributed by atoms with van der Waals surface area (Å²) < 4.78 is 1.55. The Bertz CT molecular complexity index is 141. The van der Waals surface area contributed by atoms with Crippen molar-refractivity contribution in [3.05, 3.63) is 0 Å². The molecular formula is C7H15ClN2O2. The van der Waals surface area contributed by atoms with Gasteiger partial charge in [0.25, 0.3) is 0 Å². The Morgan fingerprint density at radius 3 is 2.67 bits per heavy atom. The van der Waals surface area contributed by atoms with Crippen molar-refractivity contribution in [1.29, 1.82) is 0 Å². The summed E-state index contributed by atoms with van der Waals surface area (Å²) in [7, 11) is 1.76. The average molecular weight is 195 g/mol. The SMILES string of the molecule is CN(Cl)CCCC[C@H](N)C(=O)O. The lowest BCUT2D eigenvalue weighted by atomic mass is 10.1. The third kappa shape index (κ3) is 6.39. The van der Waals surface area contributed by atoms with Gasteiger partial charge in [-0.1, -0.05) is 0 Å². The predicted molar refractivity (Wildman–Crippen MR) is 47.9 cm³/mol. The molecule has 0 saturated heterocycles. The van der Waals surface area contributed by atoms with Crippen molar-refractivity contribution >= 4 is 17.7 Å². The number of halogens is 1. The molecule has 0 unspecified atom stereocenters. The fourth-order valence-electron chi connectivity index (χ4n) is 0.817. The molecular weight excluding hydrogens is 180 g/mol. The van der Waals surface area contributed by atoms with E-state index >= 15 is 0 Å². The van der Waals surface area contributed by atoms with Crippen LogP contribution in [-0.4, -0.2) is 35.1 Å². The van der Waals surface area contributed by atoms with Gasteiger partial charge in [0.1, 0.15) is 6.04 Å². The molecule has 0 fully saturated rings. The number of carboxylic acids is 1. The highest BCUT2D eigenvalue weighted by atomic mass is 35.5. The van der Waals surface area contributed by atoms with Crippen molar-refractivity contribution in [2.24, 2.45) is 5.73 Å². The number of aliphatic carboxylic acids is 1. The maximum Gasteiger partial charge on any atom is 0.320 e. The molecule has 0 spiro atoms. The van der Waals surface area contributed by atoms with E-state index in [0.717, 1.165) is 19.4 Å². The molecule has 0 radical (unpaired) electrons. The lowest BCUT2D eigenvalue weighted by Gasteiger charge is -2.07. The standard InChI is InChI=1S/C7H15ClN2O2/c1-10(8)5-3-2-4-6(9)7(11)12/h6H,2-5,9H2,1H3,(H,11,12)/t6-/m0/s1. The monoisotopic (exact) mass is 194 g/mol. The molecule has 0 bridgehead atoms. The lowest BCUT2D eigenvalue weighted by molar-refractivity contribution is -0.138. The molecule has 4 nitrogen and oxygen atoms in total. The van der Waals surface area contributed by atoms with Gasteiger partial charge >= 0.3 is 5.97 Å². The highest BCUT2D eigenvalue weighted by molar-refractivity contribution is 6.13. The first-order valence-corrected chi connectivity index (χ1v) is 4.23. The van der Waals surface area contributed by atoms with Crippen molar-refractivity contribution in [3.8, 4) is 0 Å². The minimum Gasteiger partial charge on any atom is -0.480 e. The van der Waals surface area contributed by atoms with Crippen LogP contribution >= 0.6 is 11.8 Å². The second-order valence-corrected chi connectivity index (χ2v) is 3.35. The topological polar surface area (TPSA) is 66.6 Å². The van der Waals surface area contributed by atoms with Gasteiger partial charge in [-0.05, 0) is 31.0 Å². The second-order valence-electron chi connectivity index (χ2n) is 2.77. The van der Waals surface area contributed by atoms with Crippen LogP contribution in [-0.2, 0) is 4.79 Å². The quantitative estimate of drug-likeness (QED) is 0.482. The maximum absolute atomic E-state index is 10.3. The van der Waals surface area contributed by atoms with Crippen LogP contribution < -0.4 is 5.73 Å². The number of carbonyl (C=O) groups is 1. The highest BCUT2D eigenvalue weighted by Gasteiger charge is 2.09. The minimum absolute atomic E-state index is 0.514. The summed E-state index contributed by atoms with van der Waals surface area (Å²) in [5.41, 5.74) is 5.29. The molecule has 3 N–H and O–H groups in total. The van der Waals surface area contributed by atoms with E-state index in [-0.39, 0.29) is 0 Å². The fraction of sp³-hybridized carbons (Fsp3) is 0.857. The van der Waals surface area contributed by atoms with E-state index in [9.17, 15) is 4.79 Å². The van der Waals surface area contributed by atoms with Gasteiger partial charge in [0.05, 0.1) is 0 Å². The molecule has 0 aliphatic rings. The number of hydrogen-bond acceptors (Lipinski definition) is 3.